The van der Waals surface area contributed by atoms with Gasteiger partial charge in [0.2, 0.25) is 11.8 Å². The molecule has 2 amide bonds. The van der Waals surface area contributed by atoms with Crippen LogP contribution in [0.4, 0.5) is 0 Å². The van der Waals surface area contributed by atoms with Gasteiger partial charge in [-0.25, -0.2) is 0 Å². The Labute approximate surface area is 194 Å². The highest BCUT2D eigenvalue weighted by atomic mass is 16.5. The van der Waals surface area contributed by atoms with Crippen molar-refractivity contribution in [3.8, 4) is 5.75 Å². The smallest absolute Gasteiger partial charge is 0.225 e. The minimum atomic E-state index is -0.340. The molecule has 2 fully saturated rings. The Morgan fingerprint density at radius 3 is 2.88 bits per heavy atom. The summed E-state index contributed by atoms with van der Waals surface area (Å²) in [6, 6.07) is 12.0. The van der Waals surface area contributed by atoms with Gasteiger partial charge in [0.1, 0.15) is 18.1 Å². The van der Waals surface area contributed by atoms with Gasteiger partial charge in [0.15, 0.2) is 0 Å². The Balaban J connectivity index is 1.20. The number of rotatable bonds is 10. The number of benzene rings is 1. The molecule has 1 unspecified atom stereocenters. The Morgan fingerprint density at radius 1 is 1.24 bits per heavy atom. The number of hydrogen-bond donors (Lipinski definition) is 1. The van der Waals surface area contributed by atoms with Crippen LogP contribution in [0, 0.1) is 5.92 Å². The molecule has 1 aromatic carbocycles. The summed E-state index contributed by atoms with van der Waals surface area (Å²) in [4.78, 5) is 28.9. The van der Waals surface area contributed by atoms with E-state index in [0.717, 1.165) is 49.7 Å². The van der Waals surface area contributed by atoms with Crippen molar-refractivity contribution in [2.24, 2.45) is 5.92 Å². The molecule has 1 atom stereocenters. The molecule has 178 valence electrons. The third-order valence-corrected chi connectivity index (χ3v) is 6.40. The van der Waals surface area contributed by atoms with Crippen molar-refractivity contribution in [2.75, 3.05) is 40.0 Å². The molecule has 2 aromatic rings. The molecule has 1 aromatic heterocycles. The molecule has 4 rings (SSSR count). The van der Waals surface area contributed by atoms with Crippen LogP contribution < -0.4 is 10.1 Å². The zero-order valence-corrected chi connectivity index (χ0v) is 19.2. The van der Waals surface area contributed by atoms with Crippen LogP contribution in [0.3, 0.4) is 0 Å². The number of likely N-dealkylation sites (tertiary alicyclic amines) is 1. The standard InChI is InChI=1S/C25H33N3O5/c1-27(21-7-11-31-12-8-21)9-13-33-22-5-2-4-19(14-22)16-26-25(30)20-15-24(29)28(17-20)18-23-6-3-10-32-23/h2-6,10,14,20-21H,7-9,11-13,15-18H2,1H3,(H,26,30). The maximum Gasteiger partial charge on any atom is 0.225 e. The van der Waals surface area contributed by atoms with E-state index in [-0.39, 0.29) is 24.2 Å². The number of carbonyl (C=O) groups excluding carboxylic acids is 2. The number of nitrogens with one attached hydrogen (secondary N) is 1. The summed E-state index contributed by atoms with van der Waals surface area (Å²) in [6.07, 6.45) is 3.95. The highest BCUT2D eigenvalue weighted by Gasteiger charge is 2.34. The number of furan rings is 1. The molecule has 0 saturated carbocycles. The van der Waals surface area contributed by atoms with E-state index in [2.05, 4.69) is 17.3 Å². The molecule has 0 bridgehead atoms. The van der Waals surface area contributed by atoms with E-state index in [4.69, 9.17) is 13.9 Å². The summed E-state index contributed by atoms with van der Waals surface area (Å²) in [6.45, 7) is 4.35. The van der Waals surface area contributed by atoms with Gasteiger partial charge in [-0.15, -0.1) is 0 Å². The first-order valence-electron chi connectivity index (χ1n) is 11.7. The molecule has 0 spiro atoms. The Bertz CT molecular complexity index is 911. The van der Waals surface area contributed by atoms with Crippen molar-refractivity contribution < 1.29 is 23.5 Å². The van der Waals surface area contributed by atoms with E-state index in [1.165, 1.54) is 0 Å². The molecule has 3 heterocycles. The van der Waals surface area contributed by atoms with Crippen LogP contribution in [0.1, 0.15) is 30.6 Å². The SMILES string of the molecule is CN(CCOc1cccc(CNC(=O)C2CC(=O)N(Cc3ccco3)C2)c1)C1CCOCC1. The molecular formula is C25H33N3O5. The van der Waals surface area contributed by atoms with Crippen LogP contribution in [0.5, 0.6) is 5.75 Å². The first kappa shape index (κ1) is 23.3. The average Bonchev–Trinajstić information content (AvgIpc) is 3.48. The molecule has 2 aliphatic heterocycles. The van der Waals surface area contributed by atoms with E-state index in [9.17, 15) is 9.59 Å². The predicted octanol–water partition coefficient (Wildman–Crippen LogP) is 2.43. The Morgan fingerprint density at radius 2 is 2.09 bits per heavy atom. The van der Waals surface area contributed by atoms with Crippen molar-refractivity contribution >= 4 is 11.8 Å². The van der Waals surface area contributed by atoms with Gasteiger partial charge in [0.05, 0.1) is 18.7 Å². The van der Waals surface area contributed by atoms with Gasteiger partial charge in [-0.3, -0.25) is 14.5 Å². The lowest BCUT2D eigenvalue weighted by molar-refractivity contribution is -0.129. The van der Waals surface area contributed by atoms with Gasteiger partial charge in [0, 0.05) is 45.3 Å². The van der Waals surface area contributed by atoms with E-state index < -0.39 is 0 Å². The largest absolute Gasteiger partial charge is 0.492 e. The minimum absolute atomic E-state index is 0.0207. The fraction of sp³-hybridized carbons (Fsp3) is 0.520. The number of carbonyl (C=O) groups is 2. The zero-order valence-electron chi connectivity index (χ0n) is 19.2. The maximum absolute atomic E-state index is 12.6. The summed E-state index contributed by atoms with van der Waals surface area (Å²) >= 11 is 0. The first-order chi connectivity index (χ1) is 16.1. The number of ether oxygens (including phenoxy) is 2. The average molecular weight is 456 g/mol. The first-order valence-corrected chi connectivity index (χ1v) is 11.7. The molecule has 2 saturated heterocycles. The van der Waals surface area contributed by atoms with Crippen LogP contribution in [-0.2, 0) is 27.4 Å². The molecule has 33 heavy (non-hydrogen) atoms. The normalized spacial score (nSPS) is 19.3. The second-order valence-electron chi connectivity index (χ2n) is 8.79. The summed E-state index contributed by atoms with van der Waals surface area (Å²) < 4.78 is 16.7. The maximum atomic E-state index is 12.6. The topological polar surface area (TPSA) is 84.3 Å². The van der Waals surface area contributed by atoms with E-state index in [0.29, 0.717) is 32.3 Å². The highest BCUT2D eigenvalue weighted by molar-refractivity contribution is 5.89. The number of hydrogen-bond acceptors (Lipinski definition) is 6. The predicted molar refractivity (Wildman–Crippen MR) is 122 cm³/mol. The lowest BCUT2D eigenvalue weighted by Crippen LogP contribution is -2.38. The van der Waals surface area contributed by atoms with Crippen LogP contribution >= 0.6 is 0 Å². The van der Waals surface area contributed by atoms with Gasteiger partial charge in [0.25, 0.3) is 0 Å². The van der Waals surface area contributed by atoms with Gasteiger partial charge in [-0.2, -0.15) is 0 Å². The van der Waals surface area contributed by atoms with Crippen molar-refractivity contribution in [1.82, 2.24) is 15.1 Å². The number of likely N-dealkylation sites (N-methyl/N-ethyl adjacent to an activating group) is 1. The third-order valence-electron chi connectivity index (χ3n) is 6.40. The van der Waals surface area contributed by atoms with Gasteiger partial charge in [-0.05, 0) is 49.7 Å². The summed E-state index contributed by atoms with van der Waals surface area (Å²) in [5, 5.41) is 2.97. The fourth-order valence-corrected chi connectivity index (χ4v) is 4.39. The van der Waals surface area contributed by atoms with Crippen molar-refractivity contribution in [1.29, 1.82) is 0 Å². The molecule has 0 radical (unpaired) electrons. The van der Waals surface area contributed by atoms with Gasteiger partial charge < -0.3 is 24.1 Å². The van der Waals surface area contributed by atoms with Crippen molar-refractivity contribution in [2.45, 2.75) is 38.4 Å². The molecule has 0 aliphatic carbocycles. The number of amides is 2. The lowest BCUT2D eigenvalue weighted by Gasteiger charge is -2.31. The van der Waals surface area contributed by atoms with Gasteiger partial charge in [-0.1, -0.05) is 12.1 Å². The van der Waals surface area contributed by atoms with Crippen LogP contribution in [0.2, 0.25) is 0 Å². The molecular weight excluding hydrogens is 422 g/mol. The number of nitrogens with zero attached hydrogens (tertiary/aromatic N) is 2. The van der Waals surface area contributed by atoms with E-state index in [1.54, 1.807) is 17.2 Å². The van der Waals surface area contributed by atoms with Crippen LogP contribution in [0.15, 0.2) is 47.1 Å². The molecule has 8 nitrogen and oxygen atoms in total. The van der Waals surface area contributed by atoms with Crippen molar-refractivity contribution in [3.63, 3.8) is 0 Å². The Kier molecular flexibility index (Phi) is 8.01. The molecule has 8 heteroatoms. The quantitative estimate of drug-likeness (QED) is 0.593. The summed E-state index contributed by atoms with van der Waals surface area (Å²) in [5.41, 5.74) is 0.968. The lowest BCUT2D eigenvalue weighted by atomic mass is 10.1. The monoisotopic (exact) mass is 455 g/mol. The summed E-state index contributed by atoms with van der Waals surface area (Å²) in [7, 11) is 2.13. The van der Waals surface area contributed by atoms with Crippen molar-refractivity contribution in [3.05, 3.63) is 54.0 Å². The highest BCUT2D eigenvalue weighted by Crippen LogP contribution is 2.21. The van der Waals surface area contributed by atoms with E-state index in [1.807, 2.05) is 30.3 Å². The Hall–Kier alpha value is -2.84. The molecule has 2 aliphatic rings. The minimum Gasteiger partial charge on any atom is -0.492 e. The second kappa shape index (κ2) is 11.3. The fourth-order valence-electron chi connectivity index (χ4n) is 4.39. The zero-order chi connectivity index (χ0) is 23.0. The van der Waals surface area contributed by atoms with Crippen LogP contribution in [0.25, 0.3) is 0 Å². The summed E-state index contributed by atoms with van der Waals surface area (Å²) in [5.74, 6) is 1.05. The third kappa shape index (κ3) is 6.58. The van der Waals surface area contributed by atoms with Gasteiger partial charge >= 0.3 is 0 Å². The van der Waals surface area contributed by atoms with Crippen LogP contribution in [-0.4, -0.2) is 67.6 Å². The second-order valence-corrected chi connectivity index (χ2v) is 8.79. The van der Waals surface area contributed by atoms with E-state index >= 15 is 0 Å². The molecule has 1 N–H and O–H groups in total.